The minimum absolute atomic E-state index is 0.00425. The lowest BCUT2D eigenvalue weighted by molar-refractivity contribution is 0.331. The Morgan fingerprint density at radius 3 is 1.67 bits per heavy atom. The molecule has 9 aromatic rings. The van der Waals surface area contributed by atoms with Crippen LogP contribution in [0.5, 0.6) is 0 Å². The topological polar surface area (TPSA) is 22.9 Å². The number of fused-ring (bicyclic) bond motifs is 6. The van der Waals surface area contributed by atoms with E-state index in [0.717, 1.165) is 90.7 Å². The van der Waals surface area contributed by atoms with Gasteiger partial charge in [0.1, 0.15) is 5.58 Å². The third kappa shape index (κ3) is 8.29. The minimum Gasteiger partial charge on any atom is -0.454 e. The molecule has 8 aromatic carbocycles. The molecule has 0 radical (unpaired) electrons. The quantitative estimate of drug-likeness (QED) is 0.132. The predicted octanol–water partition coefficient (Wildman–Crippen LogP) is 18.7. The average Bonchev–Trinajstić information content (AvgIpc) is 3.82. The van der Waals surface area contributed by atoms with Crippen LogP contribution in [0.4, 0.5) is 45.5 Å². The van der Waals surface area contributed by atoms with Crippen LogP contribution >= 0.6 is 12.6 Å². The molecule has 0 spiro atoms. The van der Waals surface area contributed by atoms with Crippen LogP contribution in [-0.4, -0.2) is 6.71 Å². The van der Waals surface area contributed by atoms with Gasteiger partial charge in [-0.15, -0.1) is 12.6 Å². The van der Waals surface area contributed by atoms with E-state index in [2.05, 4.69) is 274 Å². The Morgan fingerprint density at radius 1 is 0.513 bits per heavy atom. The Kier molecular flexibility index (Phi) is 11.6. The summed E-state index contributed by atoms with van der Waals surface area (Å²) in [5.74, 6) is 2.58. The van der Waals surface area contributed by atoms with E-state index in [-0.39, 0.29) is 33.8 Å². The maximum atomic E-state index is 6.93. The van der Waals surface area contributed by atoms with Crippen LogP contribution in [0, 0.1) is 0 Å². The maximum Gasteiger partial charge on any atom is 0.244 e. The predicted molar refractivity (Wildman–Crippen MR) is 330 cm³/mol. The minimum atomic E-state index is -0.0984. The smallest absolute Gasteiger partial charge is 0.244 e. The van der Waals surface area contributed by atoms with E-state index in [1.54, 1.807) is 0 Å². The van der Waals surface area contributed by atoms with Crippen LogP contribution in [0.2, 0.25) is 0 Å². The molecule has 0 bridgehead atoms. The molecule has 0 atom stereocenters. The molecule has 382 valence electrons. The lowest BCUT2D eigenvalue weighted by Crippen LogP contribution is -2.53. The van der Waals surface area contributed by atoms with E-state index >= 15 is 0 Å². The highest BCUT2D eigenvalue weighted by Gasteiger charge is 2.44. The number of rotatable bonds is 6. The number of hydrogen-bond donors (Lipinski definition) is 1. The van der Waals surface area contributed by atoms with Gasteiger partial charge in [-0.3, -0.25) is 0 Å². The molecule has 4 nitrogen and oxygen atoms in total. The fraction of sp³-hybridized carbons (Fsp3) is 0.286. The summed E-state index contributed by atoms with van der Waals surface area (Å²) in [4.78, 5) is 8.53. The number of thiol groups is 1. The van der Waals surface area contributed by atoms with Crippen molar-refractivity contribution in [1.29, 1.82) is 0 Å². The van der Waals surface area contributed by atoms with Gasteiger partial charge >= 0.3 is 0 Å². The zero-order valence-electron chi connectivity index (χ0n) is 46.9. The van der Waals surface area contributed by atoms with Crippen molar-refractivity contribution in [3.05, 3.63) is 203 Å². The van der Waals surface area contributed by atoms with Gasteiger partial charge in [-0.2, -0.15) is 0 Å². The number of furan rings is 1. The van der Waals surface area contributed by atoms with E-state index in [9.17, 15) is 0 Å². The van der Waals surface area contributed by atoms with Crippen molar-refractivity contribution >= 4 is 103 Å². The molecule has 0 amide bonds. The van der Waals surface area contributed by atoms with Crippen LogP contribution in [-0.2, 0) is 27.1 Å². The highest BCUT2D eigenvalue weighted by molar-refractivity contribution is 7.80. The molecule has 3 aliphatic rings. The Bertz CT molecular complexity index is 3790. The van der Waals surface area contributed by atoms with Gasteiger partial charge < -0.3 is 19.1 Å². The lowest BCUT2D eigenvalue weighted by Gasteiger charge is -2.45. The molecule has 0 N–H and O–H groups in total. The first kappa shape index (κ1) is 50.0. The summed E-state index contributed by atoms with van der Waals surface area (Å²) in [5, 5.41) is 2.19. The molecular weight excluding hydrogens is 942 g/mol. The Hall–Kier alpha value is -6.89. The second-order valence-corrected chi connectivity index (χ2v) is 26.8. The first-order valence-corrected chi connectivity index (χ1v) is 27.9. The maximum absolute atomic E-state index is 6.93. The molecule has 76 heavy (non-hydrogen) atoms. The van der Waals surface area contributed by atoms with E-state index in [0.29, 0.717) is 0 Å². The van der Waals surface area contributed by atoms with Crippen molar-refractivity contribution in [3.8, 4) is 0 Å². The van der Waals surface area contributed by atoms with Gasteiger partial charge in [0.25, 0.3) is 0 Å². The Balaban J connectivity index is 1.22. The van der Waals surface area contributed by atoms with Crippen LogP contribution in [0.15, 0.2) is 179 Å². The second-order valence-electron chi connectivity index (χ2n) is 26.3. The normalized spacial score (nSPS) is 15.9. The van der Waals surface area contributed by atoms with Gasteiger partial charge in [0.15, 0.2) is 5.58 Å². The summed E-state index contributed by atoms with van der Waals surface area (Å²) in [6, 6.07) is 61.6. The fourth-order valence-corrected chi connectivity index (χ4v) is 12.7. The second kappa shape index (κ2) is 17.6. The molecule has 1 aliphatic carbocycles. The molecule has 0 fully saturated rings. The SMILES string of the molecule is CC(C)(C)c1ccc(N2C(c3cc4c(cc3S)C(C)(C)CCC4(C)C)=CB3c4cc(C(C)(C)C)ccc4N(c4ccc(C(C)(C)C)cc4)c4cc(N(c5ccccc5)c5cccc6c5oc5ccccc56)cc2c43)cc1. The summed E-state index contributed by atoms with van der Waals surface area (Å²) < 4.78 is 6.93. The monoisotopic (exact) mass is 1010 g/mol. The average molecular weight is 1010 g/mol. The van der Waals surface area contributed by atoms with Gasteiger partial charge in [-0.25, -0.2) is 0 Å². The molecule has 12 rings (SSSR count). The zero-order valence-corrected chi connectivity index (χ0v) is 47.7. The van der Waals surface area contributed by atoms with Gasteiger partial charge in [0, 0.05) is 61.1 Å². The van der Waals surface area contributed by atoms with Crippen LogP contribution in [0.25, 0.3) is 27.6 Å². The highest BCUT2D eigenvalue weighted by atomic mass is 32.1. The Morgan fingerprint density at radius 2 is 1.05 bits per heavy atom. The highest BCUT2D eigenvalue weighted by Crippen LogP contribution is 2.53. The summed E-state index contributed by atoms with van der Waals surface area (Å²) in [6.07, 6.45) is 2.26. The van der Waals surface area contributed by atoms with Gasteiger partial charge in [-0.1, -0.05) is 181 Å². The first-order valence-electron chi connectivity index (χ1n) is 27.5. The van der Waals surface area contributed by atoms with Crippen LogP contribution < -0.4 is 25.6 Å². The van der Waals surface area contributed by atoms with Crippen molar-refractivity contribution in [2.75, 3.05) is 14.7 Å². The van der Waals surface area contributed by atoms with Gasteiger partial charge in [-0.05, 0) is 158 Å². The molecule has 0 unspecified atom stereocenters. The van der Waals surface area contributed by atoms with Crippen molar-refractivity contribution in [2.45, 2.75) is 135 Å². The summed E-state index contributed by atoms with van der Waals surface area (Å²) in [5.41, 5.74) is 21.9. The fourth-order valence-electron chi connectivity index (χ4n) is 12.4. The molecule has 0 saturated heterocycles. The van der Waals surface area contributed by atoms with Gasteiger partial charge in [0.2, 0.25) is 6.71 Å². The van der Waals surface area contributed by atoms with Crippen LogP contribution in [0.1, 0.15) is 136 Å². The molecule has 6 heteroatoms. The summed E-state index contributed by atoms with van der Waals surface area (Å²) in [6.45, 7) is 30.4. The van der Waals surface area contributed by atoms with Crippen molar-refractivity contribution in [1.82, 2.24) is 0 Å². The largest absolute Gasteiger partial charge is 0.454 e. The van der Waals surface area contributed by atoms with E-state index in [4.69, 9.17) is 17.0 Å². The third-order valence-electron chi connectivity index (χ3n) is 17.1. The number of hydrogen-bond acceptors (Lipinski definition) is 5. The van der Waals surface area contributed by atoms with Crippen LogP contribution in [0.3, 0.4) is 0 Å². The van der Waals surface area contributed by atoms with Crippen molar-refractivity contribution in [3.63, 3.8) is 0 Å². The molecular formula is C70H72BN3OS. The van der Waals surface area contributed by atoms with Crippen molar-refractivity contribution in [2.24, 2.45) is 0 Å². The summed E-state index contributed by atoms with van der Waals surface area (Å²) >= 11 is 5.56. The van der Waals surface area contributed by atoms with E-state index < -0.39 is 0 Å². The van der Waals surface area contributed by atoms with E-state index in [1.807, 2.05) is 0 Å². The number of para-hydroxylation sites is 3. The summed E-state index contributed by atoms with van der Waals surface area (Å²) in [7, 11) is 0. The van der Waals surface area contributed by atoms with Gasteiger partial charge in [0.05, 0.1) is 11.4 Å². The first-order chi connectivity index (χ1) is 36.0. The molecule has 3 heterocycles. The zero-order chi connectivity index (χ0) is 53.4. The van der Waals surface area contributed by atoms with Crippen molar-refractivity contribution < 1.29 is 4.42 Å². The third-order valence-corrected chi connectivity index (χ3v) is 17.4. The Labute approximate surface area is 458 Å². The lowest BCUT2D eigenvalue weighted by atomic mass is 9.36. The number of anilines is 8. The molecule has 0 saturated carbocycles. The molecule has 2 aliphatic heterocycles. The molecule has 1 aromatic heterocycles. The number of nitrogens with zero attached hydrogens (tertiary/aromatic N) is 3. The van der Waals surface area contributed by atoms with E-state index in [1.165, 1.54) is 44.4 Å². The standard InChI is InChI=1S/C70H72BN3OS/c1-66(2,3)44-26-31-48(32-27-44)73-57-35-30-46(68(7,8)9)38-56(57)71-43-61(53-41-54-55(42-63(53)76)70(12,13)37-36-69(54,10)11)74(49-33-28-45(29-34-49)67(4,5)6)60-40-50(39-59(73)64(60)71)72(47-20-15-14-16-21-47)58-24-19-23-52-51-22-17-18-25-62(51)75-65(52)58/h14-35,38-43,76H,36-37H2,1-13H3. The number of benzene rings is 8.